The fraction of sp³-hybridized carbons (Fsp3) is 0.211. The first-order valence-corrected chi connectivity index (χ1v) is 9.15. The van der Waals surface area contributed by atoms with Gasteiger partial charge in [0.05, 0.1) is 18.0 Å². The smallest absolute Gasteiger partial charge is 0.241 e. The monoisotopic (exact) mass is 359 g/mol. The molecule has 5 nitrogen and oxygen atoms in total. The minimum Gasteiger partial charge on any atom is -0.497 e. The number of Topliss-reactive ketones (excluding diaryl/α,β-unsaturated/α-hetero) is 1. The van der Waals surface area contributed by atoms with Gasteiger partial charge in [-0.15, -0.1) is 0 Å². The predicted molar refractivity (Wildman–Crippen MR) is 97.1 cm³/mol. The Labute approximate surface area is 148 Å². The van der Waals surface area contributed by atoms with Gasteiger partial charge < -0.3 is 4.74 Å². The molecule has 0 saturated heterocycles. The van der Waals surface area contributed by atoms with E-state index in [0.717, 1.165) is 5.56 Å². The van der Waals surface area contributed by atoms with E-state index in [1.54, 1.807) is 36.4 Å². The average Bonchev–Trinajstić information content (AvgIpc) is 2.59. The summed E-state index contributed by atoms with van der Waals surface area (Å²) in [6.07, 6.45) is 0. The van der Waals surface area contributed by atoms with Crippen LogP contribution in [0.15, 0.2) is 65.6 Å². The molecule has 2 rings (SSSR count). The SMILES string of the molecule is C=C(C(C)=O)[C@H](NS(=O)(=O)c1ccc(C)cc1)c1cccc(OC)c1. The molecule has 0 aliphatic heterocycles. The Morgan fingerprint density at radius 3 is 2.36 bits per heavy atom. The zero-order valence-corrected chi connectivity index (χ0v) is 15.3. The second kappa shape index (κ2) is 7.63. The maximum atomic E-state index is 12.7. The van der Waals surface area contributed by atoms with E-state index in [-0.39, 0.29) is 16.3 Å². The van der Waals surface area contributed by atoms with Crippen LogP contribution in [0.2, 0.25) is 0 Å². The number of ether oxygens (including phenoxy) is 1. The standard InChI is InChI=1S/C19H21NO4S/c1-13-8-10-18(11-9-13)25(22,23)20-19(14(2)15(3)21)16-6-5-7-17(12-16)24-4/h5-12,19-20H,2H2,1,3-4H3/t19-/m0/s1. The van der Waals surface area contributed by atoms with E-state index in [0.29, 0.717) is 11.3 Å². The molecule has 0 unspecified atom stereocenters. The van der Waals surface area contributed by atoms with Crippen LogP contribution in [0, 0.1) is 6.92 Å². The number of hydrogen-bond donors (Lipinski definition) is 1. The van der Waals surface area contributed by atoms with E-state index < -0.39 is 16.1 Å². The van der Waals surface area contributed by atoms with Crippen molar-refractivity contribution in [2.45, 2.75) is 24.8 Å². The van der Waals surface area contributed by atoms with Gasteiger partial charge in [0.2, 0.25) is 10.0 Å². The Morgan fingerprint density at radius 2 is 1.80 bits per heavy atom. The molecule has 0 radical (unpaired) electrons. The predicted octanol–water partition coefficient (Wildman–Crippen LogP) is 3.17. The summed E-state index contributed by atoms with van der Waals surface area (Å²) in [6.45, 7) is 6.99. The van der Waals surface area contributed by atoms with Crippen LogP contribution in [-0.2, 0) is 14.8 Å². The summed E-state index contributed by atoms with van der Waals surface area (Å²) < 4.78 is 33.2. The average molecular weight is 359 g/mol. The summed E-state index contributed by atoms with van der Waals surface area (Å²) in [5.74, 6) is 0.271. The Morgan fingerprint density at radius 1 is 1.16 bits per heavy atom. The highest BCUT2D eigenvalue weighted by Crippen LogP contribution is 2.27. The normalized spacial score (nSPS) is 12.4. The quantitative estimate of drug-likeness (QED) is 0.771. The highest BCUT2D eigenvalue weighted by Gasteiger charge is 2.25. The Hall–Kier alpha value is -2.44. The van der Waals surface area contributed by atoms with Crippen LogP contribution in [-0.4, -0.2) is 21.3 Å². The van der Waals surface area contributed by atoms with Crippen molar-refractivity contribution in [2.24, 2.45) is 0 Å². The molecular formula is C19H21NO4S. The number of hydrogen-bond acceptors (Lipinski definition) is 4. The number of carbonyl (C=O) groups excluding carboxylic acids is 1. The number of ketones is 1. The second-order valence-electron chi connectivity index (χ2n) is 5.73. The number of aryl methyl sites for hydroxylation is 1. The molecule has 0 heterocycles. The van der Waals surface area contributed by atoms with Crippen molar-refractivity contribution in [1.29, 1.82) is 0 Å². The van der Waals surface area contributed by atoms with E-state index in [2.05, 4.69) is 11.3 Å². The van der Waals surface area contributed by atoms with Crippen LogP contribution in [0.1, 0.15) is 24.1 Å². The maximum Gasteiger partial charge on any atom is 0.241 e. The molecule has 0 aliphatic rings. The largest absolute Gasteiger partial charge is 0.497 e. The van der Waals surface area contributed by atoms with Gasteiger partial charge in [-0.25, -0.2) is 8.42 Å². The molecular weight excluding hydrogens is 338 g/mol. The number of rotatable bonds is 7. The summed E-state index contributed by atoms with van der Waals surface area (Å²) in [5, 5.41) is 0. The van der Waals surface area contributed by atoms with Crippen molar-refractivity contribution < 1.29 is 17.9 Å². The first kappa shape index (κ1) is 18.9. The van der Waals surface area contributed by atoms with Gasteiger partial charge in [-0.2, -0.15) is 4.72 Å². The Kier molecular flexibility index (Phi) is 5.77. The first-order valence-electron chi connectivity index (χ1n) is 7.67. The molecule has 1 atom stereocenters. The molecule has 0 fully saturated rings. The summed E-state index contributed by atoms with van der Waals surface area (Å²) in [6, 6.07) is 12.5. The molecule has 25 heavy (non-hydrogen) atoms. The lowest BCUT2D eigenvalue weighted by molar-refractivity contribution is -0.113. The molecule has 0 aromatic heterocycles. The lowest BCUT2D eigenvalue weighted by Crippen LogP contribution is -2.31. The van der Waals surface area contributed by atoms with E-state index in [1.165, 1.54) is 26.2 Å². The van der Waals surface area contributed by atoms with Gasteiger partial charge in [0, 0.05) is 5.57 Å². The van der Waals surface area contributed by atoms with Crippen molar-refractivity contribution in [3.8, 4) is 5.75 Å². The second-order valence-corrected chi connectivity index (χ2v) is 7.44. The van der Waals surface area contributed by atoms with Gasteiger partial charge in [0.15, 0.2) is 5.78 Å². The molecule has 2 aromatic rings. The third-order valence-electron chi connectivity index (χ3n) is 3.83. The number of sulfonamides is 1. The van der Waals surface area contributed by atoms with Gasteiger partial charge in [-0.1, -0.05) is 36.4 Å². The zero-order valence-electron chi connectivity index (χ0n) is 14.4. The molecule has 6 heteroatoms. The van der Waals surface area contributed by atoms with Crippen molar-refractivity contribution in [1.82, 2.24) is 4.72 Å². The van der Waals surface area contributed by atoms with E-state index in [1.807, 2.05) is 6.92 Å². The molecule has 132 valence electrons. The molecule has 0 saturated carbocycles. The van der Waals surface area contributed by atoms with Crippen LogP contribution in [0.3, 0.4) is 0 Å². The van der Waals surface area contributed by atoms with Crippen LogP contribution in [0.5, 0.6) is 5.75 Å². The first-order chi connectivity index (χ1) is 11.7. The van der Waals surface area contributed by atoms with Crippen LogP contribution in [0.25, 0.3) is 0 Å². The lowest BCUT2D eigenvalue weighted by Gasteiger charge is -2.21. The molecule has 0 amide bonds. The topological polar surface area (TPSA) is 72.5 Å². The molecule has 0 spiro atoms. The van der Waals surface area contributed by atoms with E-state index in [4.69, 9.17) is 4.74 Å². The third kappa shape index (κ3) is 4.55. The number of benzene rings is 2. The fourth-order valence-corrected chi connectivity index (χ4v) is 3.52. The number of nitrogens with one attached hydrogen (secondary N) is 1. The van der Waals surface area contributed by atoms with Crippen molar-refractivity contribution >= 4 is 15.8 Å². The summed E-state index contributed by atoms with van der Waals surface area (Å²) in [5.41, 5.74) is 1.69. The van der Waals surface area contributed by atoms with Gasteiger partial charge in [0.1, 0.15) is 5.75 Å². The van der Waals surface area contributed by atoms with Crippen molar-refractivity contribution in [3.63, 3.8) is 0 Å². The number of methoxy groups -OCH3 is 1. The van der Waals surface area contributed by atoms with Crippen LogP contribution >= 0.6 is 0 Å². The highest BCUT2D eigenvalue weighted by atomic mass is 32.2. The summed E-state index contributed by atoms with van der Waals surface area (Å²) in [4.78, 5) is 11.9. The fourth-order valence-electron chi connectivity index (χ4n) is 2.31. The van der Waals surface area contributed by atoms with Crippen molar-refractivity contribution in [3.05, 3.63) is 71.8 Å². The van der Waals surface area contributed by atoms with E-state index >= 15 is 0 Å². The minimum absolute atomic E-state index is 0.127. The van der Waals surface area contributed by atoms with Crippen molar-refractivity contribution in [2.75, 3.05) is 7.11 Å². The number of carbonyl (C=O) groups is 1. The van der Waals surface area contributed by atoms with Crippen LogP contribution < -0.4 is 9.46 Å². The van der Waals surface area contributed by atoms with Gasteiger partial charge in [-0.05, 0) is 43.7 Å². The van der Waals surface area contributed by atoms with Crippen LogP contribution in [0.4, 0.5) is 0 Å². The zero-order chi connectivity index (χ0) is 18.6. The van der Waals surface area contributed by atoms with Gasteiger partial charge in [0.25, 0.3) is 0 Å². The third-order valence-corrected chi connectivity index (χ3v) is 5.27. The highest BCUT2D eigenvalue weighted by molar-refractivity contribution is 7.89. The Balaban J connectivity index is 2.44. The molecule has 0 bridgehead atoms. The molecule has 2 aromatic carbocycles. The summed E-state index contributed by atoms with van der Waals surface area (Å²) >= 11 is 0. The van der Waals surface area contributed by atoms with Gasteiger partial charge in [-0.3, -0.25) is 4.79 Å². The molecule has 1 N–H and O–H groups in total. The minimum atomic E-state index is -3.83. The molecule has 0 aliphatic carbocycles. The van der Waals surface area contributed by atoms with E-state index in [9.17, 15) is 13.2 Å². The van der Waals surface area contributed by atoms with Gasteiger partial charge >= 0.3 is 0 Å². The summed E-state index contributed by atoms with van der Waals surface area (Å²) in [7, 11) is -2.31. The maximum absolute atomic E-state index is 12.7. The lowest BCUT2D eigenvalue weighted by atomic mass is 9.98. The Bertz CT molecular complexity index is 886.